The molecule has 0 aliphatic carbocycles. The highest BCUT2D eigenvalue weighted by molar-refractivity contribution is 4.72. The van der Waals surface area contributed by atoms with Crippen molar-refractivity contribution in [2.75, 3.05) is 26.7 Å². The van der Waals surface area contributed by atoms with Crippen molar-refractivity contribution >= 4 is 0 Å². The van der Waals surface area contributed by atoms with Crippen LogP contribution in [-0.4, -0.2) is 31.6 Å². The van der Waals surface area contributed by atoms with Crippen molar-refractivity contribution in [3.05, 3.63) is 0 Å². The lowest BCUT2D eigenvalue weighted by Gasteiger charge is -2.29. The second-order valence-electron chi connectivity index (χ2n) is 4.44. The van der Waals surface area contributed by atoms with Crippen molar-refractivity contribution in [3.8, 4) is 0 Å². The SMILES string of the molecule is CCCN(C)CC(C)(C)CCN. The molecule has 0 aliphatic heterocycles. The van der Waals surface area contributed by atoms with Crippen LogP contribution < -0.4 is 5.73 Å². The molecule has 2 heteroatoms. The van der Waals surface area contributed by atoms with Gasteiger partial charge in [0.25, 0.3) is 0 Å². The van der Waals surface area contributed by atoms with Crippen LogP contribution in [0, 0.1) is 5.41 Å². The molecule has 0 aliphatic rings. The summed E-state index contributed by atoms with van der Waals surface area (Å²) >= 11 is 0. The van der Waals surface area contributed by atoms with E-state index in [2.05, 4.69) is 32.7 Å². The Labute approximate surface area is 77.1 Å². The highest BCUT2D eigenvalue weighted by atomic mass is 15.1. The Morgan fingerprint density at radius 2 is 1.92 bits per heavy atom. The lowest BCUT2D eigenvalue weighted by Crippen LogP contribution is -2.33. The van der Waals surface area contributed by atoms with E-state index in [0.717, 1.165) is 19.5 Å². The monoisotopic (exact) mass is 172 g/mol. The first-order chi connectivity index (χ1) is 5.52. The molecule has 12 heavy (non-hydrogen) atoms. The van der Waals surface area contributed by atoms with E-state index in [0.29, 0.717) is 5.41 Å². The normalized spacial score (nSPS) is 12.5. The van der Waals surface area contributed by atoms with E-state index in [9.17, 15) is 0 Å². The quantitative estimate of drug-likeness (QED) is 0.661. The third-order valence-electron chi connectivity index (χ3n) is 2.12. The van der Waals surface area contributed by atoms with Gasteiger partial charge in [-0.2, -0.15) is 0 Å². The Balaban J connectivity index is 3.70. The molecule has 0 heterocycles. The Kier molecular flexibility index (Phi) is 5.51. The standard InChI is InChI=1S/C10H24N2/c1-5-8-12(4)9-10(2,3)6-7-11/h5-9,11H2,1-4H3. The van der Waals surface area contributed by atoms with Crippen LogP contribution in [-0.2, 0) is 0 Å². The maximum atomic E-state index is 5.55. The number of nitrogens with two attached hydrogens (primary N) is 1. The van der Waals surface area contributed by atoms with Gasteiger partial charge in [-0.15, -0.1) is 0 Å². The van der Waals surface area contributed by atoms with Gasteiger partial charge in [0.15, 0.2) is 0 Å². The smallest absolute Gasteiger partial charge is 0.00301 e. The number of rotatable bonds is 6. The molecule has 0 radical (unpaired) electrons. The predicted octanol–water partition coefficient (Wildman–Crippen LogP) is 1.70. The summed E-state index contributed by atoms with van der Waals surface area (Å²) in [5, 5.41) is 0. The van der Waals surface area contributed by atoms with Gasteiger partial charge in [0.1, 0.15) is 0 Å². The molecule has 0 spiro atoms. The fourth-order valence-corrected chi connectivity index (χ4v) is 1.66. The van der Waals surface area contributed by atoms with Crippen molar-refractivity contribution in [1.29, 1.82) is 0 Å². The maximum Gasteiger partial charge on any atom is 0.00301 e. The summed E-state index contributed by atoms with van der Waals surface area (Å²) in [6, 6.07) is 0. The first-order valence-electron chi connectivity index (χ1n) is 4.90. The first kappa shape index (κ1) is 11.9. The van der Waals surface area contributed by atoms with E-state index in [-0.39, 0.29) is 0 Å². The van der Waals surface area contributed by atoms with E-state index >= 15 is 0 Å². The number of hydrogen-bond donors (Lipinski definition) is 1. The molecule has 0 unspecified atom stereocenters. The summed E-state index contributed by atoms with van der Waals surface area (Å²) in [7, 11) is 2.18. The molecule has 0 atom stereocenters. The van der Waals surface area contributed by atoms with Gasteiger partial charge in [-0.05, 0) is 38.4 Å². The Hall–Kier alpha value is -0.0800. The van der Waals surface area contributed by atoms with Crippen molar-refractivity contribution in [3.63, 3.8) is 0 Å². The van der Waals surface area contributed by atoms with Crippen LogP contribution in [0.15, 0.2) is 0 Å². The number of nitrogens with zero attached hydrogens (tertiary/aromatic N) is 1. The summed E-state index contributed by atoms with van der Waals surface area (Å²) < 4.78 is 0. The van der Waals surface area contributed by atoms with Gasteiger partial charge in [-0.25, -0.2) is 0 Å². The molecule has 0 saturated carbocycles. The molecule has 0 saturated heterocycles. The Morgan fingerprint density at radius 3 is 2.33 bits per heavy atom. The van der Waals surface area contributed by atoms with Gasteiger partial charge in [0, 0.05) is 6.54 Å². The van der Waals surface area contributed by atoms with Crippen LogP contribution >= 0.6 is 0 Å². The predicted molar refractivity (Wildman–Crippen MR) is 55.2 cm³/mol. The zero-order chi connectivity index (χ0) is 9.61. The molecular formula is C10H24N2. The summed E-state index contributed by atoms with van der Waals surface area (Å²) in [6.45, 7) is 9.92. The van der Waals surface area contributed by atoms with Crippen LogP contribution in [0.25, 0.3) is 0 Å². The zero-order valence-corrected chi connectivity index (χ0v) is 9.06. The minimum Gasteiger partial charge on any atom is -0.330 e. The number of hydrogen-bond acceptors (Lipinski definition) is 2. The van der Waals surface area contributed by atoms with Crippen LogP contribution in [0.3, 0.4) is 0 Å². The second kappa shape index (κ2) is 5.55. The molecule has 0 amide bonds. The van der Waals surface area contributed by atoms with Crippen molar-refractivity contribution in [1.82, 2.24) is 4.90 Å². The highest BCUT2D eigenvalue weighted by Gasteiger charge is 2.18. The third-order valence-corrected chi connectivity index (χ3v) is 2.12. The largest absolute Gasteiger partial charge is 0.330 e. The molecule has 2 nitrogen and oxygen atoms in total. The fraction of sp³-hybridized carbons (Fsp3) is 1.00. The summed E-state index contributed by atoms with van der Waals surface area (Å²) in [5.41, 5.74) is 5.92. The van der Waals surface area contributed by atoms with E-state index in [1.165, 1.54) is 13.0 Å². The third kappa shape index (κ3) is 5.56. The second-order valence-corrected chi connectivity index (χ2v) is 4.44. The Bertz CT molecular complexity index is 110. The molecule has 0 aromatic carbocycles. The van der Waals surface area contributed by atoms with Gasteiger partial charge in [-0.1, -0.05) is 20.8 Å². The van der Waals surface area contributed by atoms with Crippen LogP contribution in [0.5, 0.6) is 0 Å². The topological polar surface area (TPSA) is 29.3 Å². The summed E-state index contributed by atoms with van der Waals surface area (Å²) in [6.07, 6.45) is 2.34. The lowest BCUT2D eigenvalue weighted by atomic mass is 9.89. The molecule has 0 aromatic heterocycles. The minimum atomic E-state index is 0.374. The molecular weight excluding hydrogens is 148 g/mol. The zero-order valence-electron chi connectivity index (χ0n) is 9.06. The van der Waals surface area contributed by atoms with E-state index in [1.54, 1.807) is 0 Å². The molecule has 2 N–H and O–H groups in total. The summed E-state index contributed by atoms with van der Waals surface area (Å²) in [4.78, 5) is 2.38. The van der Waals surface area contributed by atoms with Gasteiger partial charge in [0.05, 0.1) is 0 Å². The fourth-order valence-electron chi connectivity index (χ4n) is 1.66. The molecule has 0 rings (SSSR count). The van der Waals surface area contributed by atoms with E-state index < -0.39 is 0 Å². The molecule has 74 valence electrons. The first-order valence-corrected chi connectivity index (χ1v) is 4.90. The van der Waals surface area contributed by atoms with Crippen LogP contribution in [0.1, 0.15) is 33.6 Å². The van der Waals surface area contributed by atoms with Crippen molar-refractivity contribution in [2.45, 2.75) is 33.6 Å². The van der Waals surface area contributed by atoms with Gasteiger partial charge in [0.2, 0.25) is 0 Å². The van der Waals surface area contributed by atoms with Crippen molar-refractivity contribution < 1.29 is 0 Å². The average Bonchev–Trinajstić information content (AvgIpc) is 1.85. The van der Waals surface area contributed by atoms with Gasteiger partial charge < -0.3 is 10.6 Å². The maximum absolute atomic E-state index is 5.55. The average molecular weight is 172 g/mol. The van der Waals surface area contributed by atoms with Gasteiger partial charge in [-0.3, -0.25) is 0 Å². The highest BCUT2D eigenvalue weighted by Crippen LogP contribution is 2.20. The summed E-state index contributed by atoms with van der Waals surface area (Å²) in [5.74, 6) is 0. The minimum absolute atomic E-state index is 0.374. The van der Waals surface area contributed by atoms with Gasteiger partial charge >= 0.3 is 0 Å². The van der Waals surface area contributed by atoms with Crippen LogP contribution in [0.4, 0.5) is 0 Å². The lowest BCUT2D eigenvalue weighted by molar-refractivity contribution is 0.201. The molecule has 0 aromatic rings. The van der Waals surface area contributed by atoms with Crippen molar-refractivity contribution in [2.24, 2.45) is 11.1 Å². The van der Waals surface area contributed by atoms with E-state index in [4.69, 9.17) is 5.73 Å². The van der Waals surface area contributed by atoms with Crippen LogP contribution in [0.2, 0.25) is 0 Å². The molecule has 0 fully saturated rings. The Morgan fingerprint density at radius 1 is 1.33 bits per heavy atom. The molecule has 0 bridgehead atoms. The van der Waals surface area contributed by atoms with E-state index in [1.807, 2.05) is 0 Å².